The summed E-state index contributed by atoms with van der Waals surface area (Å²) in [5, 5.41) is 98.8. The Morgan fingerprint density at radius 3 is 2.08 bits per heavy atom. The van der Waals surface area contributed by atoms with Crippen LogP contribution in [0.5, 0.6) is 0 Å². The van der Waals surface area contributed by atoms with E-state index in [1.807, 2.05) is 0 Å². The van der Waals surface area contributed by atoms with Gasteiger partial charge in [0.1, 0.15) is 73.2 Å². The molecule has 0 aromatic rings. The summed E-state index contributed by atoms with van der Waals surface area (Å²) in [5.41, 5.74) is 1.67. The Morgan fingerprint density at radius 1 is 0.738 bits per heavy atom. The molecule has 0 aromatic carbocycles. The number of hydrogen-bond donors (Lipinski definition) is 10. The minimum atomic E-state index is -1.82. The molecule has 8 rings (SSSR count). The Balaban J connectivity index is 0.950. The van der Waals surface area contributed by atoms with Gasteiger partial charge in [-0.2, -0.15) is 0 Å². The normalized spacial score (nSPS) is 51.3. The summed E-state index contributed by atoms with van der Waals surface area (Å²) in [5.74, 6) is 4.01. The summed E-state index contributed by atoms with van der Waals surface area (Å²) in [6.45, 7) is 11.8. The number of carbonyl (C=O) groups excluding carboxylic acids is 1. The van der Waals surface area contributed by atoms with Gasteiger partial charge in [0.05, 0.1) is 31.2 Å². The van der Waals surface area contributed by atoms with Gasteiger partial charge in [-0.25, -0.2) is 0 Å². The fourth-order valence-electron chi connectivity index (χ4n) is 14.0. The lowest BCUT2D eigenvalue weighted by molar-refractivity contribution is -0.390. The Bertz CT molecular complexity index is 1690. The predicted molar refractivity (Wildman–Crippen MR) is 228 cm³/mol. The van der Waals surface area contributed by atoms with Gasteiger partial charge < -0.3 is 84.4 Å². The predicted octanol–water partition coefficient (Wildman–Crippen LogP) is 0.342. The molecule has 10 N–H and O–H groups in total. The smallest absolute Gasteiger partial charge is 0.216 e. The number of hydrogen-bond acceptors (Lipinski definition) is 17. The molecular weight excluding hydrogens is 851 g/mol. The molecular formula is C47H77NO17. The summed E-state index contributed by atoms with van der Waals surface area (Å²) in [7, 11) is 0. The van der Waals surface area contributed by atoms with Crippen LogP contribution in [0.2, 0.25) is 0 Å². The number of ether oxygens (including phenoxy) is 7. The molecule has 0 spiro atoms. The molecule has 0 aromatic heterocycles. The van der Waals surface area contributed by atoms with Crippen LogP contribution in [0.25, 0.3) is 0 Å². The minimum absolute atomic E-state index is 0.00186. The lowest BCUT2D eigenvalue weighted by Crippen LogP contribution is -2.67. The third-order valence-corrected chi connectivity index (χ3v) is 17.8. The van der Waals surface area contributed by atoms with E-state index in [1.165, 1.54) is 12.5 Å². The topological polar surface area (TPSA) is 276 Å². The fourth-order valence-corrected chi connectivity index (χ4v) is 14.0. The standard InChI is InChI=1S/C47H77NO17/c1-20(17-48-23(4)51)7-10-29-21(2)33-30(61-29)16-28-26-9-8-24-15-25(11-13-46(24,5)27(26)12-14-47(28,33)6)60-45-42(65-43-38(56)36(54)34(52)22(3)59-43)40(58)41(32(19-50)63-45)64-44-39(57)37(55)35(53)31(18-49)62-44/h20,22,24-28,30-45,49-50,52-58H,7-19H2,1-6H3,(H,48,51)/t20?,22-,24-,25-,26+,27-,28-,30-,31+,32+,33-,34-,35+,36+,37-,38+,39+,40-,41+,42+,43-,44-,45+,46-,47-/m0/s1. The summed E-state index contributed by atoms with van der Waals surface area (Å²) in [6, 6.07) is 0. The van der Waals surface area contributed by atoms with Gasteiger partial charge in [-0.1, -0.05) is 20.8 Å². The van der Waals surface area contributed by atoms with Crippen molar-refractivity contribution in [2.24, 2.45) is 46.3 Å². The molecule has 4 saturated carbocycles. The van der Waals surface area contributed by atoms with Gasteiger partial charge in [-0.3, -0.25) is 4.79 Å². The van der Waals surface area contributed by atoms with Crippen molar-refractivity contribution in [1.29, 1.82) is 0 Å². The molecule has 8 aliphatic rings. The van der Waals surface area contributed by atoms with E-state index in [2.05, 4.69) is 33.0 Å². The van der Waals surface area contributed by atoms with Crippen LogP contribution in [0.4, 0.5) is 0 Å². The highest BCUT2D eigenvalue weighted by molar-refractivity contribution is 5.72. The molecule has 3 saturated heterocycles. The number of fused-ring (bicyclic) bond motifs is 7. The van der Waals surface area contributed by atoms with E-state index in [-0.39, 0.29) is 28.9 Å². The number of nitrogens with one attached hydrogen (secondary N) is 1. The number of carbonyl (C=O) groups is 1. The first-order valence-electron chi connectivity index (χ1n) is 24.3. The van der Waals surface area contributed by atoms with Gasteiger partial charge in [-0.05, 0) is 118 Å². The molecule has 0 bridgehead atoms. The number of rotatable bonds is 13. The third kappa shape index (κ3) is 9.19. The zero-order chi connectivity index (χ0) is 46.9. The zero-order valence-electron chi connectivity index (χ0n) is 38.8. The molecule has 7 fully saturated rings. The van der Waals surface area contributed by atoms with Crippen LogP contribution in [-0.4, -0.2) is 176 Å². The van der Waals surface area contributed by atoms with Crippen LogP contribution < -0.4 is 5.32 Å². The Kier molecular flexibility index (Phi) is 15.1. The van der Waals surface area contributed by atoms with E-state index >= 15 is 0 Å². The Labute approximate surface area is 381 Å². The first-order chi connectivity index (χ1) is 30.8. The average molecular weight is 928 g/mol. The van der Waals surface area contributed by atoms with Crippen LogP contribution in [-0.2, 0) is 38.0 Å². The van der Waals surface area contributed by atoms with Gasteiger partial charge in [0.2, 0.25) is 5.91 Å². The monoisotopic (exact) mass is 928 g/mol. The summed E-state index contributed by atoms with van der Waals surface area (Å²) in [4.78, 5) is 11.4. The van der Waals surface area contributed by atoms with Crippen molar-refractivity contribution in [3.05, 3.63) is 11.3 Å². The second-order valence-corrected chi connectivity index (χ2v) is 21.6. The number of allylic oxidation sites excluding steroid dienone is 1. The highest BCUT2D eigenvalue weighted by Crippen LogP contribution is 2.70. The van der Waals surface area contributed by atoms with Crippen molar-refractivity contribution >= 4 is 5.91 Å². The van der Waals surface area contributed by atoms with Gasteiger partial charge in [0, 0.05) is 25.8 Å². The first kappa shape index (κ1) is 49.8. The van der Waals surface area contributed by atoms with E-state index in [9.17, 15) is 50.8 Å². The largest absolute Gasteiger partial charge is 0.494 e. The maximum absolute atomic E-state index is 12.0. The molecule has 65 heavy (non-hydrogen) atoms. The first-order valence-corrected chi connectivity index (χ1v) is 24.3. The highest BCUT2D eigenvalue weighted by atomic mass is 16.8. The van der Waals surface area contributed by atoms with E-state index in [4.69, 9.17) is 33.2 Å². The van der Waals surface area contributed by atoms with E-state index in [0.29, 0.717) is 48.5 Å². The quantitative estimate of drug-likeness (QED) is 0.112. The van der Waals surface area contributed by atoms with Gasteiger partial charge in [0.25, 0.3) is 0 Å². The van der Waals surface area contributed by atoms with Gasteiger partial charge in [0.15, 0.2) is 18.9 Å². The lowest BCUT2D eigenvalue weighted by Gasteiger charge is -2.61. The summed E-state index contributed by atoms with van der Waals surface area (Å²) in [6.07, 6.45) is -13.3. The van der Waals surface area contributed by atoms with Crippen molar-refractivity contribution in [3.8, 4) is 0 Å². The lowest BCUT2D eigenvalue weighted by atomic mass is 9.44. The third-order valence-electron chi connectivity index (χ3n) is 17.8. The van der Waals surface area contributed by atoms with Crippen molar-refractivity contribution < 1.29 is 83.9 Å². The molecule has 1 unspecified atom stereocenters. The number of amides is 1. The number of aliphatic hydroxyl groups excluding tert-OH is 9. The average Bonchev–Trinajstić information content (AvgIpc) is 3.77. The van der Waals surface area contributed by atoms with Crippen molar-refractivity contribution in [2.75, 3.05) is 19.8 Å². The van der Waals surface area contributed by atoms with Gasteiger partial charge >= 0.3 is 0 Å². The molecule has 372 valence electrons. The molecule has 25 atom stereocenters. The summed E-state index contributed by atoms with van der Waals surface area (Å²) < 4.78 is 43.3. The molecule has 1 amide bonds. The van der Waals surface area contributed by atoms with E-state index in [0.717, 1.165) is 63.5 Å². The second-order valence-electron chi connectivity index (χ2n) is 21.6. The molecule has 4 aliphatic heterocycles. The Hall–Kier alpha value is -1.59. The molecule has 0 radical (unpaired) electrons. The highest BCUT2D eigenvalue weighted by Gasteiger charge is 2.65. The Morgan fingerprint density at radius 2 is 1.38 bits per heavy atom. The van der Waals surface area contributed by atoms with E-state index < -0.39 is 105 Å². The zero-order valence-corrected chi connectivity index (χ0v) is 38.8. The molecule has 4 aliphatic carbocycles. The molecule has 18 heteroatoms. The minimum Gasteiger partial charge on any atom is -0.494 e. The van der Waals surface area contributed by atoms with Crippen LogP contribution in [0.15, 0.2) is 11.3 Å². The second kappa shape index (κ2) is 19.7. The van der Waals surface area contributed by atoms with E-state index in [1.54, 1.807) is 6.92 Å². The molecule has 18 nitrogen and oxygen atoms in total. The van der Waals surface area contributed by atoms with Crippen molar-refractivity contribution in [3.63, 3.8) is 0 Å². The SMILES string of the molecule is CC(=O)NCC(C)CCC1=C(C)[C@H]2[C@H](C[C@H]3[C@@H]4CC[C@H]5C[C@@H](O[C@@H]6O[C@H](CO)[C@@H](O[C@@H]7O[C@H](CO)[C@@H](O)[C@H](O)[C@H]7O)[C@H](O)[C@H]6O[C@@H]6O[C@@H](C)[C@H](O)[C@@H](O)[C@H]6O)CC[C@]5(C)[C@H]4CC[C@@]32C)O1. The maximum atomic E-state index is 12.0. The maximum Gasteiger partial charge on any atom is 0.216 e. The summed E-state index contributed by atoms with van der Waals surface area (Å²) >= 11 is 0. The van der Waals surface area contributed by atoms with Crippen LogP contribution >= 0.6 is 0 Å². The van der Waals surface area contributed by atoms with Crippen LogP contribution in [0.3, 0.4) is 0 Å². The van der Waals surface area contributed by atoms with Gasteiger partial charge in [-0.15, -0.1) is 0 Å². The van der Waals surface area contributed by atoms with Crippen LogP contribution in [0, 0.1) is 46.3 Å². The van der Waals surface area contributed by atoms with Crippen LogP contribution in [0.1, 0.15) is 106 Å². The number of aliphatic hydroxyl groups is 9. The fraction of sp³-hybridized carbons (Fsp3) is 0.936. The van der Waals surface area contributed by atoms with Crippen molar-refractivity contribution in [2.45, 2.75) is 210 Å². The van der Waals surface area contributed by atoms with Crippen molar-refractivity contribution in [1.82, 2.24) is 5.32 Å². The molecule has 4 heterocycles.